The largest absolute Gasteiger partial charge is 0.505 e. The Bertz CT molecular complexity index is 1110. The van der Waals surface area contributed by atoms with Gasteiger partial charge in [-0.2, -0.15) is 0 Å². The molecule has 0 aliphatic carbocycles. The fourth-order valence-electron chi connectivity index (χ4n) is 5.34. The molecule has 1 aliphatic heterocycles. The third-order valence-corrected chi connectivity index (χ3v) is 7.82. The maximum Gasteiger partial charge on any atom is 0.313 e. The Balaban J connectivity index is 1.87. The highest BCUT2D eigenvalue weighted by molar-refractivity contribution is 5.99. The fourth-order valence-corrected chi connectivity index (χ4v) is 5.34. The molecule has 246 valence electrons. The molecule has 1 aromatic carbocycles. The Morgan fingerprint density at radius 1 is 0.955 bits per heavy atom. The van der Waals surface area contributed by atoms with Crippen LogP contribution < -0.4 is 10.6 Å². The zero-order valence-corrected chi connectivity index (χ0v) is 26.8. The Morgan fingerprint density at radius 2 is 1.59 bits per heavy atom. The number of unbranched alkanes of at least 4 members (excludes halogenated alkanes) is 5. The predicted molar refractivity (Wildman–Crippen MR) is 165 cm³/mol. The molecule has 0 bridgehead atoms. The van der Waals surface area contributed by atoms with E-state index >= 15 is 0 Å². The van der Waals surface area contributed by atoms with Crippen LogP contribution in [-0.4, -0.2) is 60.2 Å². The number of para-hydroxylation sites is 1. The molecule has 1 saturated heterocycles. The van der Waals surface area contributed by atoms with Crippen LogP contribution >= 0.6 is 0 Å². The van der Waals surface area contributed by atoms with Crippen LogP contribution in [0.2, 0.25) is 0 Å². The van der Waals surface area contributed by atoms with Crippen LogP contribution in [0.1, 0.15) is 109 Å². The van der Waals surface area contributed by atoms with Crippen LogP contribution in [0.4, 0.5) is 5.69 Å². The molecule has 0 radical (unpaired) electrons. The van der Waals surface area contributed by atoms with E-state index in [-0.39, 0.29) is 29.3 Å². The number of phenols is 1. The fraction of sp³-hybridized carbons (Fsp3) is 0.667. The van der Waals surface area contributed by atoms with Gasteiger partial charge in [0.25, 0.3) is 5.91 Å². The minimum Gasteiger partial charge on any atom is -0.505 e. The van der Waals surface area contributed by atoms with Gasteiger partial charge in [0, 0.05) is 13.0 Å². The summed E-state index contributed by atoms with van der Waals surface area (Å²) in [7, 11) is 0. The summed E-state index contributed by atoms with van der Waals surface area (Å²) in [6.07, 6.45) is 4.82. The molecule has 1 heterocycles. The lowest BCUT2D eigenvalue weighted by atomic mass is 9.92. The monoisotopic (exact) mass is 618 g/mol. The maximum absolute atomic E-state index is 13.3. The Morgan fingerprint density at radius 3 is 2.27 bits per heavy atom. The second-order valence-electron chi connectivity index (χ2n) is 12.0. The Hall–Kier alpha value is -3.63. The molecule has 1 fully saturated rings. The quantitative estimate of drug-likeness (QED) is 0.0694. The van der Waals surface area contributed by atoms with E-state index in [9.17, 15) is 29.1 Å². The van der Waals surface area contributed by atoms with Gasteiger partial charge in [0.2, 0.25) is 6.41 Å². The van der Waals surface area contributed by atoms with Crippen LogP contribution in [-0.2, 0) is 33.4 Å². The van der Waals surface area contributed by atoms with Crippen molar-refractivity contribution in [1.82, 2.24) is 5.32 Å². The van der Waals surface area contributed by atoms with Crippen LogP contribution in [0.15, 0.2) is 18.2 Å². The van der Waals surface area contributed by atoms with Crippen molar-refractivity contribution in [2.75, 3.05) is 11.9 Å². The van der Waals surface area contributed by atoms with Crippen molar-refractivity contribution in [2.24, 2.45) is 17.8 Å². The van der Waals surface area contributed by atoms with Crippen LogP contribution in [0.25, 0.3) is 0 Å². The van der Waals surface area contributed by atoms with E-state index in [1.807, 2.05) is 20.8 Å². The number of nitrogens with one attached hydrogen (secondary N) is 2. The number of cyclic esters (lactones) is 2. The topological polar surface area (TPSA) is 157 Å². The van der Waals surface area contributed by atoms with Gasteiger partial charge < -0.3 is 30.0 Å². The van der Waals surface area contributed by atoms with Gasteiger partial charge in [-0.1, -0.05) is 65.4 Å². The third-order valence-electron chi connectivity index (χ3n) is 7.82. The highest BCUT2D eigenvalue weighted by Gasteiger charge is 2.43. The van der Waals surface area contributed by atoms with Crippen molar-refractivity contribution in [2.45, 2.75) is 117 Å². The molecule has 1 aliphatic rings. The zero-order valence-electron chi connectivity index (χ0n) is 26.8. The molecular weight excluding hydrogens is 568 g/mol. The number of phenolic OH excluding ortho intramolecular Hbond substituents is 1. The van der Waals surface area contributed by atoms with Gasteiger partial charge in [0.1, 0.15) is 12.2 Å². The van der Waals surface area contributed by atoms with Gasteiger partial charge in [-0.25, -0.2) is 0 Å². The SMILES string of the molecule is CCCC[C@H]1C(=O)O[C@H](C)C(CCCCCCCNC(=O)c2cccc(NC=O)c2O)C(=O)O[C@@H](C)[C@@H]1OC(=O)CC(C)C. The van der Waals surface area contributed by atoms with Gasteiger partial charge in [-0.15, -0.1) is 0 Å². The van der Waals surface area contributed by atoms with Crippen LogP contribution in [0.5, 0.6) is 5.75 Å². The van der Waals surface area contributed by atoms with Crippen molar-refractivity contribution >= 4 is 35.9 Å². The van der Waals surface area contributed by atoms with Crippen molar-refractivity contribution in [3.05, 3.63) is 23.8 Å². The molecule has 1 aromatic rings. The first-order chi connectivity index (χ1) is 21.0. The summed E-state index contributed by atoms with van der Waals surface area (Å²) in [5.41, 5.74) is 0.246. The molecule has 1 unspecified atom stereocenters. The lowest BCUT2D eigenvalue weighted by Gasteiger charge is -2.29. The van der Waals surface area contributed by atoms with Crippen molar-refractivity contribution in [1.29, 1.82) is 0 Å². The minimum atomic E-state index is -0.906. The minimum absolute atomic E-state index is 0.0830. The summed E-state index contributed by atoms with van der Waals surface area (Å²) in [5.74, 6) is -3.32. The number of hydrogen-bond acceptors (Lipinski definition) is 9. The Kier molecular flexibility index (Phi) is 15.7. The molecule has 5 atom stereocenters. The molecular formula is C33H50N2O9. The number of anilines is 1. The second-order valence-corrected chi connectivity index (χ2v) is 12.0. The molecule has 0 spiro atoms. The number of hydrogen-bond donors (Lipinski definition) is 3. The molecule has 44 heavy (non-hydrogen) atoms. The summed E-state index contributed by atoms with van der Waals surface area (Å²) in [6.45, 7) is 9.63. The van der Waals surface area contributed by atoms with Gasteiger partial charge in [-0.3, -0.25) is 24.0 Å². The standard InChI is InChI=1S/C33H50N2O9/c1-6-7-14-26-30(44-28(37)19-21(2)3)23(5)43-32(40)24(22(4)42-33(26)41)15-11-9-8-10-12-18-34-31(39)25-16-13-17-27(29(25)38)35-20-36/h13,16-17,20-24,26,30,38H,6-12,14-15,18-19H2,1-5H3,(H,34,39)(H,35,36)/t22-,23+,24?,26-,30+/m1/s1. The van der Waals surface area contributed by atoms with Gasteiger partial charge in [0.15, 0.2) is 11.9 Å². The number of ether oxygens (including phenoxy) is 3. The average molecular weight is 619 g/mol. The van der Waals surface area contributed by atoms with Crippen molar-refractivity contribution in [3.63, 3.8) is 0 Å². The van der Waals surface area contributed by atoms with E-state index in [0.717, 1.165) is 44.9 Å². The predicted octanol–water partition coefficient (Wildman–Crippen LogP) is 5.29. The first-order valence-electron chi connectivity index (χ1n) is 15.9. The van der Waals surface area contributed by atoms with E-state index in [1.54, 1.807) is 19.9 Å². The molecule has 3 N–H and O–H groups in total. The first-order valence-corrected chi connectivity index (χ1v) is 15.9. The summed E-state index contributed by atoms with van der Waals surface area (Å²) in [4.78, 5) is 62.1. The lowest BCUT2D eigenvalue weighted by molar-refractivity contribution is -0.176. The first kappa shape index (κ1) is 36.6. The summed E-state index contributed by atoms with van der Waals surface area (Å²) in [6, 6.07) is 4.55. The van der Waals surface area contributed by atoms with Gasteiger partial charge in [0.05, 0.1) is 23.1 Å². The highest BCUT2D eigenvalue weighted by Crippen LogP contribution is 2.30. The molecule has 0 aromatic heterocycles. The zero-order chi connectivity index (χ0) is 32.6. The van der Waals surface area contributed by atoms with E-state index in [4.69, 9.17) is 14.2 Å². The van der Waals surface area contributed by atoms with E-state index in [0.29, 0.717) is 25.8 Å². The van der Waals surface area contributed by atoms with E-state index in [2.05, 4.69) is 10.6 Å². The van der Waals surface area contributed by atoms with E-state index in [1.165, 1.54) is 12.1 Å². The van der Waals surface area contributed by atoms with Crippen molar-refractivity contribution < 1.29 is 43.3 Å². The third kappa shape index (κ3) is 11.5. The summed E-state index contributed by atoms with van der Waals surface area (Å²) in [5, 5.41) is 15.3. The molecule has 2 rings (SSSR count). The molecule has 11 nitrogen and oxygen atoms in total. The number of aromatic hydroxyl groups is 1. The van der Waals surface area contributed by atoms with Crippen molar-refractivity contribution in [3.8, 4) is 5.75 Å². The molecule has 2 amide bonds. The normalized spacial score (nSPS) is 22.2. The summed E-state index contributed by atoms with van der Waals surface area (Å²) >= 11 is 0. The number of benzene rings is 1. The number of carbonyl (C=O) groups is 5. The summed E-state index contributed by atoms with van der Waals surface area (Å²) < 4.78 is 17.3. The van der Waals surface area contributed by atoms with Crippen LogP contribution in [0, 0.1) is 17.8 Å². The number of esters is 3. The number of carbonyl (C=O) groups excluding carboxylic acids is 5. The van der Waals surface area contributed by atoms with Gasteiger partial charge in [-0.05, 0) is 51.2 Å². The lowest BCUT2D eigenvalue weighted by Crippen LogP contribution is -2.42. The highest BCUT2D eigenvalue weighted by atomic mass is 16.6. The van der Waals surface area contributed by atoms with Crippen LogP contribution in [0.3, 0.4) is 0 Å². The van der Waals surface area contributed by atoms with Gasteiger partial charge >= 0.3 is 17.9 Å². The second kappa shape index (κ2) is 18.9. The number of amides is 2. The maximum atomic E-state index is 13.3. The molecule has 11 heteroatoms. The number of rotatable bonds is 17. The average Bonchev–Trinajstić information content (AvgIpc) is 2.98. The Labute approximate surface area is 260 Å². The smallest absolute Gasteiger partial charge is 0.313 e. The van der Waals surface area contributed by atoms with E-state index < -0.39 is 54.0 Å². The molecule has 0 saturated carbocycles.